The number of nitrogens with two attached hydrogens (primary N) is 1. The topological polar surface area (TPSA) is 42.1 Å². The second-order valence-corrected chi connectivity index (χ2v) is 5.93. The lowest BCUT2D eigenvalue weighted by Gasteiger charge is -2.23. The maximum atomic E-state index is 6.02. The van der Waals surface area contributed by atoms with E-state index in [-0.39, 0.29) is 0 Å². The highest BCUT2D eigenvalue weighted by Gasteiger charge is 2.29. The van der Waals surface area contributed by atoms with E-state index < -0.39 is 0 Å². The number of fused-ring (bicyclic) bond motifs is 1. The fourth-order valence-electron chi connectivity index (χ4n) is 2.79. The van der Waals surface area contributed by atoms with E-state index >= 15 is 0 Å². The largest absolute Gasteiger partial charge is 0.398 e. The molecule has 1 saturated heterocycles. The number of hydrogen-bond donors (Lipinski definition) is 1. The van der Waals surface area contributed by atoms with E-state index in [9.17, 15) is 0 Å². The summed E-state index contributed by atoms with van der Waals surface area (Å²) in [6, 6.07) is 6.19. The predicted molar refractivity (Wildman–Crippen MR) is 76.8 cm³/mol. The summed E-state index contributed by atoms with van der Waals surface area (Å²) < 4.78 is 0. The summed E-state index contributed by atoms with van der Waals surface area (Å²) in [7, 11) is 0. The summed E-state index contributed by atoms with van der Waals surface area (Å²) in [5.41, 5.74) is 8.51. The third-order valence-electron chi connectivity index (χ3n) is 3.85. The molecule has 1 fully saturated rings. The van der Waals surface area contributed by atoms with E-state index in [0.717, 1.165) is 24.2 Å². The normalized spacial score (nSPS) is 18.4. The zero-order valence-corrected chi connectivity index (χ0v) is 11.0. The minimum absolute atomic E-state index is 0.404. The van der Waals surface area contributed by atoms with Crippen molar-refractivity contribution >= 4 is 22.1 Å². The SMILES string of the molecule is CC1(C)CCN(c2ccc(N)c3cnccc23)C1. The Balaban J connectivity index is 2.11. The van der Waals surface area contributed by atoms with Gasteiger partial charge < -0.3 is 10.6 Å². The van der Waals surface area contributed by atoms with Gasteiger partial charge in [0.1, 0.15) is 0 Å². The van der Waals surface area contributed by atoms with Crippen LogP contribution in [0.4, 0.5) is 11.4 Å². The molecule has 0 radical (unpaired) electrons. The van der Waals surface area contributed by atoms with Crippen LogP contribution in [-0.2, 0) is 0 Å². The van der Waals surface area contributed by atoms with E-state index in [1.54, 1.807) is 0 Å². The maximum Gasteiger partial charge on any atom is 0.0448 e. The summed E-state index contributed by atoms with van der Waals surface area (Å²) in [5.74, 6) is 0. The van der Waals surface area contributed by atoms with Crippen molar-refractivity contribution in [2.75, 3.05) is 23.7 Å². The van der Waals surface area contributed by atoms with Crippen LogP contribution in [0.15, 0.2) is 30.6 Å². The molecule has 2 heterocycles. The summed E-state index contributed by atoms with van der Waals surface area (Å²) in [4.78, 5) is 6.63. The molecule has 3 heteroatoms. The Labute approximate surface area is 108 Å². The minimum Gasteiger partial charge on any atom is -0.398 e. The molecule has 18 heavy (non-hydrogen) atoms. The van der Waals surface area contributed by atoms with E-state index in [1.807, 2.05) is 18.5 Å². The quantitative estimate of drug-likeness (QED) is 0.780. The van der Waals surface area contributed by atoms with Gasteiger partial charge in [0.15, 0.2) is 0 Å². The number of anilines is 2. The molecule has 0 unspecified atom stereocenters. The second kappa shape index (κ2) is 3.87. The first-order chi connectivity index (χ1) is 8.57. The number of benzene rings is 1. The number of pyridine rings is 1. The van der Waals surface area contributed by atoms with Crippen molar-refractivity contribution in [1.82, 2.24) is 4.98 Å². The molecule has 94 valence electrons. The molecule has 1 aliphatic rings. The molecule has 2 N–H and O–H groups in total. The molecule has 0 aliphatic carbocycles. The Morgan fingerprint density at radius 1 is 1.22 bits per heavy atom. The first-order valence-corrected chi connectivity index (χ1v) is 6.44. The van der Waals surface area contributed by atoms with Gasteiger partial charge in [-0.1, -0.05) is 13.8 Å². The molecule has 2 aromatic rings. The monoisotopic (exact) mass is 241 g/mol. The average Bonchev–Trinajstić information content (AvgIpc) is 2.70. The first-order valence-electron chi connectivity index (χ1n) is 6.44. The fraction of sp³-hybridized carbons (Fsp3) is 0.400. The van der Waals surface area contributed by atoms with Crippen molar-refractivity contribution in [3.05, 3.63) is 30.6 Å². The van der Waals surface area contributed by atoms with Gasteiger partial charge in [0, 0.05) is 47.6 Å². The van der Waals surface area contributed by atoms with Gasteiger partial charge >= 0.3 is 0 Å². The molecule has 3 rings (SSSR count). The molecular weight excluding hydrogens is 222 g/mol. The summed E-state index contributed by atoms with van der Waals surface area (Å²) >= 11 is 0. The van der Waals surface area contributed by atoms with Gasteiger partial charge in [-0.3, -0.25) is 4.98 Å². The standard InChI is InChI=1S/C15H19N3/c1-15(2)6-8-18(10-15)14-4-3-13(16)12-9-17-7-5-11(12)14/h3-5,7,9H,6,8,10,16H2,1-2H3. The van der Waals surface area contributed by atoms with Crippen LogP contribution in [0.25, 0.3) is 10.8 Å². The fourth-order valence-corrected chi connectivity index (χ4v) is 2.79. The van der Waals surface area contributed by atoms with Crippen LogP contribution in [-0.4, -0.2) is 18.1 Å². The molecule has 0 atom stereocenters. The van der Waals surface area contributed by atoms with Gasteiger partial charge in [-0.2, -0.15) is 0 Å². The van der Waals surface area contributed by atoms with Crippen molar-refractivity contribution in [2.24, 2.45) is 5.41 Å². The second-order valence-electron chi connectivity index (χ2n) is 5.93. The van der Waals surface area contributed by atoms with Crippen LogP contribution in [0, 0.1) is 5.41 Å². The summed E-state index contributed by atoms with van der Waals surface area (Å²) in [5, 5.41) is 2.27. The van der Waals surface area contributed by atoms with Crippen LogP contribution in [0.5, 0.6) is 0 Å². The zero-order valence-electron chi connectivity index (χ0n) is 11.0. The smallest absolute Gasteiger partial charge is 0.0448 e. The maximum absolute atomic E-state index is 6.02. The molecule has 0 saturated carbocycles. The van der Waals surface area contributed by atoms with Gasteiger partial charge in [-0.15, -0.1) is 0 Å². The molecule has 1 aromatic carbocycles. The van der Waals surface area contributed by atoms with E-state index in [0.29, 0.717) is 5.41 Å². The number of nitrogen functional groups attached to an aromatic ring is 1. The van der Waals surface area contributed by atoms with Crippen LogP contribution < -0.4 is 10.6 Å². The number of hydrogen-bond acceptors (Lipinski definition) is 3. The Morgan fingerprint density at radius 2 is 2.06 bits per heavy atom. The lowest BCUT2D eigenvalue weighted by Crippen LogP contribution is -2.22. The molecule has 3 nitrogen and oxygen atoms in total. The van der Waals surface area contributed by atoms with Crippen molar-refractivity contribution in [3.8, 4) is 0 Å². The van der Waals surface area contributed by atoms with Gasteiger partial charge in [0.2, 0.25) is 0 Å². The number of nitrogens with zero attached hydrogens (tertiary/aromatic N) is 2. The van der Waals surface area contributed by atoms with Crippen molar-refractivity contribution in [1.29, 1.82) is 0 Å². The third-order valence-corrected chi connectivity index (χ3v) is 3.85. The Bertz CT molecular complexity index is 589. The van der Waals surface area contributed by atoms with Crippen molar-refractivity contribution in [2.45, 2.75) is 20.3 Å². The molecule has 1 aliphatic heterocycles. The van der Waals surface area contributed by atoms with Gasteiger partial charge in [0.25, 0.3) is 0 Å². The Hall–Kier alpha value is -1.77. The average molecular weight is 241 g/mol. The lowest BCUT2D eigenvalue weighted by atomic mass is 9.93. The van der Waals surface area contributed by atoms with Crippen LogP contribution in [0.1, 0.15) is 20.3 Å². The van der Waals surface area contributed by atoms with E-state index in [1.165, 1.54) is 17.5 Å². The van der Waals surface area contributed by atoms with E-state index in [2.05, 4.69) is 35.9 Å². The Kier molecular flexibility index (Phi) is 2.44. The molecule has 0 bridgehead atoms. The molecule has 0 spiro atoms. The predicted octanol–water partition coefficient (Wildman–Crippen LogP) is 3.05. The van der Waals surface area contributed by atoms with Crippen molar-refractivity contribution in [3.63, 3.8) is 0 Å². The third kappa shape index (κ3) is 1.80. The van der Waals surface area contributed by atoms with Crippen LogP contribution in [0.2, 0.25) is 0 Å². The van der Waals surface area contributed by atoms with Crippen LogP contribution in [0.3, 0.4) is 0 Å². The molecular formula is C15H19N3. The molecule has 1 aromatic heterocycles. The number of aromatic nitrogens is 1. The summed E-state index contributed by atoms with van der Waals surface area (Å²) in [6.07, 6.45) is 4.94. The van der Waals surface area contributed by atoms with Gasteiger partial charge in [0.05, 0.1) is 0 Å². The van der Waals surface area contributed by atoms with Crippen LogP contribution >= 0.6 is 0 Å². The number of rotatable bonds is 1. The molecule has 0 amide bonds. The minimum atomic E-state index is 0.404. The lowest BCUT2D eigenvalue weighted by molar-refractivity contribution is 0.418. The Morgan fingerprint density at radius 3 is 2.78 bits per heavy atom. The summed E-state index contributed by atoms with van der Waals surface area (Å²) in [6.45, 7) is 6.88. The van der Waals surface area contributed by atoms with E-state index in [4.69, 9.17) is 5.73 Å². The first kappa shape index (κ1) is 11.3. The highest BCUT2D eigenvalue weighted by molar-refractivity contribution is 6.00. The highest BCUT2D eigenvalue weighted by Crippen LogP contribution is 2.37. The highest BCUT2D eigenvalue weighted by atomic mass is 15.2. The van der Waals surface area contributed by atoms with Gasteiger partial charge in [-0.25, -0.2) is 0 Å². The van der Waals surface area contributed by atoms with Gasteiger partial charge in [-0.05, 0) is 30.0 Å². The zero-order chi connectivity index (χ0) is 12.8. The van der Waals surface area contributed by atoms with Crippen molar-refractivity contribution < 1.29 is 0 Å².